The Morgan fingerprint density at radius 1 is 1.43 bits per heavy atom. The van der Waals surface area contributed by atoms with Gasteiger partial charge in [-0.2, -0.15) is 0 Å². The fraction of sp³-hybridized carbons (Fsp3) is 0.842. The molecule has 120 valence electrons. The van der Waals surface area contributed by atoms with E-state index in [1.54, 1.807) is 0 Å². The summed E-state index contributed by atoms with van der Waals surface area (Å²) >= 11 is 0. The number of esters is 1. The lowest BCUT2D eigenvalue weighted by molar-refractivity contribution is -0.149. The van der Waals surface area contributed by atoms with Crippen LogP contribution in [0.3, 0.4) is 0 Å². The van der Waals surface area contributed by atoms with Crippen LogP contribution in [-0.2, 0) is 9.53 Å². The molecule has 0 N–H and O–H groups in total. The van der Waals surface area contributed by atoms with E-state index < -0.39 is 0 Å². The minimum Gasteiger partial charge on any atom is -0.466 e. The number of carbonyl (C=O) groups excluding carboxylic acids is 1. The number of hydrogen-bond acceptors (Lipinski definition) is 2. The van der Waals surface area contributed by atoms with Crippen LogP contribution in [0.2, 0.25) is 0 Å². The number of carbonyl (C=O) groups is 1. The second-order valence-electron chi connectivity index (χ2n) is 7.51. The first-order valence-corrected chi connectivity index (χ1v) is 8.80. The molecule has 2 aliphatic rings. The molecule has 0 aliphatic heterocycles. The molecule has 0 aromatic heterocycles. The molecule has 0 amide bonds. The van der Waals surface area contributed by atoms with Crippen molar-refractivity contribution in [3.63, 3.8) is 0 Å². The monoisotopic (exact) mass is 292 g/mol. The minimum atomic E-state index is 0.0131. The number of ether oxygens (including phenoxy) is 1. The topological polar surface area (TPSA) is 26.3 Å². The molecule has 2 unspecified atom stereocenters. The van der Waals surface area contributed by atoms with Crippen molar-refractivity contribution in [3.8, 4) is 0 Å². The molecule has 0 radical (unpaired) electrons. The van der Waals surface area contributed by atoms with E-state index >= 15 is 0 Å². The molecule has 4 atom stereocenters. The lowest BCUT2D eigenvalue weighted by atomic mass is 9.52. The van der Waals surface area contributed by atoms with Crippen molar-refractivity contribution in [2.24, 2.45) is 29.1 Å². The Labute approximate surface area is 130 Å². The summed E-state index contributed by atoms with van der Waals surface area (Å²) in [5, 5.41) is 0. The molecule has 2 rings (SSSR count). The van der Waals surface area contributed by atoms with Gasteiger partial charge in [-0.1, -0.05) is 45.8 Å². The van der Waals surface area contributed by atoms with Crippen LogP contribution in [0, 0.1) is 29.1 Å². The first kappa shape index (κ1) is 16.6. The standard InChI is InChI=1S/C19H32O2/c1-6-14-8-9-16-12-15(18(20)21-7-2)10-11-19(16,5)17(14)13(3)4/h9,13-15,17H,6-8,10-12H2,1-5H3/t14?,15-,17?,19-/m0/s1. The third-order valence-electron chi connectivity index (χ3n) is 5.99. The van der Waals surface area contributed by atoms with Gasteiger partial charge < -0.3 is 4.74 Å². The van der Waals surface area contributed by atoms with Crippen molar-refractivity contribution >= 4 is 5.97 Å². The molecule has 1 fully saturated rings. The SMILES string of the molecule is CCOC(=O)[C@H]1CC[C@@]2(C)C(=CCC(CC)C2C(C)C)C1. The third-order valence-corrected chi connectivity index (χ3v) is 5.99. The molecule has 21 heavy (non-hydrogen) atoms. The Bertz CT molecular complexity index is 410. The summed E-state index contributed by atoms with van der Waals surface area (Å²) in [4.78, 5) is 12.1. The van der Waals surface area contributed by atoms with Crippen molar-refractivity contribution in [2.75, 3.05) is 6.61 Å². The Kier molecular flexibility index (Phi) is 5.16. The summed E-state index contributed by atoms with van der Waals surface area (Å²) in [6.07, 6.45) is 7.98. The smallest absolute Gasteiger partial charge is 0.309 e. The zero-order valence-corrected chi connectivity index (χ0v) is 14.4. The second kappa shape index (κ2) is 6.54. The zero-order chi connectivity index (χ0) is 15.6. The molecule has 2 heteroatoms. The summed E-state index contributed by atoms with van der Waals surface area (Å²) in [6, 6.07) is 0. The van der Waals surface area contributed by atoms with Gasteiger partial charge in [-0.25, -0.2) is 0 Å². The average molecular weight is 292 g/mol. The molecule has 0 spiro atoms. The van der Waals surface area contributed by atoms with Crippen LogP contribution in [0.1, 0.15) is 66.7 Å². The molecule has 2 aliphatic carbocycles. The normalized spacial score (nSPS) is 36.1. The molecule has 0 aromatic rings. The molecule has 0 saturated heterocycles. The first-order valence-electron chi connectivity index (χ1n) is 8.80. The van der Waals surface area contributed by atoms with Crippen LogP contribution in [0.4, 0.5) is 0 Å². The van der Waals surface area contributed by atoms with Gasteiger partial charge in [-0.15, -0.1) is 0 Å². The lowest BCUT2D eigenvalue weighted by Crippen LogP contribution is -2.44. The zero-order valence-electron chi connectivity index (χ0n) is 14.4. The third kappa shape index (κ3) is 3.05. The van der Waals surface area contributed by atoms with Gasteiger partial charge in [0, 0.05) is 0 Å². The number of allylic oxidation sites excluding steroid dienone is 2. The second-order valence-corrected chi connectivity index (χ2v) is 7.51. The van der Waals surface area contributed by atoms with E-state index in [-0.39, 0.29) is 11.9 Å². The average Bonchev–Trinajstić information content (AvgIpc) is 2.44. The predicted molar refractivity (Wildman–Crippen MR) is 86.9 cm³/mol. The van der Waals surface area contributed by atoms with Crippen LogP contribution < -0.4 is 0 Å². The summed E-state index contributed by atoms with van der Waals surface area (Å²) in [6.45, 7) is 11.9. The van der Waals surface area contributed by atoms with Gasteiger partial charge in [-0.3, -0.25) is 4.79 Å². The fourth-order valence-corrected chi connectivity index (χ4v) is 5.05. The quantitative estimate of drug-likeness (QED) is 0.539. The molecular formula is C19H32O2. The molecule has 0 bridgehead atoms. The Balaban J connectivity index is 2.21. The Morgan fingerprint density at radius 3 is 2.71 bits per heavy atom. The van der Waals surface area contributed by atoms with Gasteiger partial charge in [0.2, 0.25) is 0 Å². The van der Waals surface area contributed by atoms with Crippen LogP contribution >= 0.6 is 0 Å². The van der Waals surface area contributed by atoms with Crippen molar-refractivity contribution in [2.45, 2.75) is 66.7 Å². The van der Waals surface area contributed by atoms with Gasteiger partial charge in [0.15, 0.2) is 0 Å². The molecule has 2 nitrogen and oxygen atoms in total. The molecule has 0 heterocycles. The van der Waals surface area contributed by atoms with E-state index in [4.69, 9.17) is 4.74 Å². The number of hydrogen-bond donors (Lipinski definition) is 0. The fourth-order valence-electron chi connectivity index (χ4n) is 5.05. The summed E-state index contributed by atoms with van der Waals surface area (Å²) in [5.41, 5.74) is 1.84. The number of rotatable bonds is 4. The maximum atomic E-state index is 12.1. The summed E-state index contributed by atoms with van der Waals surface area (Å²) in [5.74, 6) is 2.38. The van der Waals surface area contributed by atoms with Gasteiger partial charge >= 0.3 is 5.97 Å². The molecule has 0 aromatic carbocycles. The maximum Gasteiger partial charge on any atom is 0.309 e. The lowest BCUT2D eigenvalue weighted by Gasteiger charge is -2.52. The van der Waals surface area contributed by atoms with Crippen molar-refractivity contribution < 1.29 is 9.53 Å². The van der Waals surface area contributed by atoms with E-state index in [0.717, 1.165) is 31.1 Å². The highest BCUT2D eigenvalue weighted by Gasteiger charge is 2.48. The number of fused-ring (bicyclic) bond motifs is 1. The van der Waals surface area contributed by atoms with Crippen LogP contribution in [0.15, 0.2) is 11.6 Å². The first-order chi connectivity index (χ1) is 9.93. The van der Waals surface area contributed by atoms with E-state index in [2.05, 4.69) is 33.8 Å². The van der Waals surface area contributed by atoms with Crippen LogP contribution in [0.25, 0.3) is 0 Å². The van der Waals surface area contributed by atoms with Gasteiger partial charge in [0.25, 0.3) is 0 Å². The summed E-state index contributed by atoms with van der Waals surface area (Å²) < 4.78 is 5.24. The minimum absolute atomic E-state index is 0.0131. The van der Waals surface area contributed by atoms with E-state index in [9.17, 15) is 4.79 Å². The molecular weight excluding hydrogens is 260 g/mol. The molecule has 1 saturated carbocycles. The highest BCUT2D eigenvalue weighted by molar-refractivity contribution is 5.73. The Hall–Kier alpha value is -0.790. The van der Waals surface area contributed by atoms with Gasteiger partial charge in [0.05, 0.1) is 12.5 Å². The Morgan fingerprint density at radius 2 is 2.14 bits per heavy atom. The van der Waals surface area contributed by atoms with Crippen LogP contribution in [-0.4, -0.2) is 12.6 Å². The maximum absolute atomic E-state index is 12.1. The van der Waals surface area contributed by atoms with Crippen molar-refractivity contribution in [1.29, 1.82) is 0 Å². The highest BCUT2D eigenvalue weighted by Crippen LogP contribution is 2.56. The van der Waals surface area contributed by atoms with Gasteiger partial charge in [0.1, 0.15) is 0 Å². The van der Waals surface area contributed by atoms with Gasteiger partial charge in [-0.05, 0) is 55.8 Å². The van der Waals surface area contributed by atoms with Crippen LogP contribution in [0.5, 0.6) is 0 Å². The summed E-state index contributed by atoms with van der Waals surface area (Å²) in [7, 11) is 0. The largest absolute Gasteiger partial charge is 0.466 e. The van der Waals surface area contributed by atoms with Crippen molar-refractivity contribution in [3.05, 3.63) is 11.6 Å². The van der Waals surface area contributed by atoms with E-state index in [0.29, 0.717) is 17.9 Å². The highest BCUT2D eigenvalue weighted by atomic mass is 16.5. The predicted octanol–water partition coefficient (Wildman–Crippen LogP) is 4.98. The van der Waals surface area contributed by atoms with E-state index in [1.807, 2.05) is 6.92 Å². The van der Waals surface area contributed by atoms with E-state index in [1.165, 1.54) is 18.4 Å². The van der Waals surface area contributed by atoms with Crippen molar-refractivity contribution in [1.82, 2.24) is 0 Å².